The molecule has 0 amide bonds. The van der Waals surface area contributed by atoms with Crippen LogP contribution in [0.5, 0.6) is 0 Å². The lowest BCUT2D eigenvalue weighted by Gasteiger charge is -2.18. The molecule has 2 aromatic heterocycles. The molecule has 0 spiro atoms. The average Bonchev–Trinajstić information content (AvgIpc) is 3.75. The van der Waals surface area contributed by atoms with Crippen molar-refractivity contribution in [3.05, 3.63) is 117 Å². The molecule has 0 aliphatic carbocycles. The van der Waals surface area contributed by atoms with E-state index in [9.17, 15) is 9.90 Å². The fourth-order valence-electron chi connectivity index (χ4n) is 5.78. The summed E-state index contributed by atoms with van der Waals surface area (Å²) in [6.45, 7) is 20.8. The summed E-state index contributed by atoms with van der Waals surface area (Å²) in [5.41, 5.74) is 8.52. The molecule has 9 heteroatoms. The summed E-state index contributed by atoms with van der Waals surface area (Å²) in [4.78, 5) is 20.7. The number of aromatic carboxylic acids is 1. The van der Waals surface area contributed by atoms with E-state index < -0.39 is 5.97 Å². The minimum atomic E-state index is -0.927. The van der Waals surface area contributed by atoms with Crippen LogP contribution in [0, 0.1) is 6.92 Å². The molecule has 0 radical (unpaired) electrons. The molecule has 0 saturated heterocycles. The van der Waals surface area contributed by atoms with Crippen molar-refractivity contribution in [3.8, 4) is 22.9 Å². The first-order chi connectivity index (χ1) is 25.2. The van der Waals surface area contributed by atoms with Crippen LogP contribution in [-0.2, 0) is 50.8 Å². The third-order valence-corrected chi connectivity index (χ3v) is 9.69. The monoisotopic (exact) mass is 834 g/mol. The second-order valence-electron chi connectivity index (χ2n) is 15.1. The van der Waals surface area contributed by atoms with E-state index in [-0.39, 0.29) is 17.4 Å². The van der Waals surface area contributed by atoms with Gasteiger partial charge in [-0.05, 0) is 70.7 Å². The zero-order valence-corrected chi connectivity index (χ0v) is 34.9. The molecule has 0 bridgehead atoms. The number of nitrogens with zero attached hydrogens (tertiary/aromatic N) is 2. The lowest BCUT2D eigenvalue weighted by molar-refractivity contribution is 0.0639. The first-order valence-electron chi connectivity index (χ1n) is 18.4. The van der Waals surface area contributed by atoms with Gasteiger partial charge in [-0.2, -0.15) is 0 Å². The van der Waals surface area contributed by atoms with Gasteiger partial charge in [0.1, 0.15) is 17.2 Å². The van der Waals surface area contributed by atoms with Crippen molar-refractivity contribution in [1.82, 2.24) is 9.97 Å². The number of hydrogen-bond donors (Lipinski definition) is 1. The van der Waals surface area contributed by atoms with E-state index in [0.29, 0.717) is 43.3 Å². The lowest BCUT2D eigenvalue weighted by atomic mass is 9.87. The van der Waals surface area contributed by atoms with Gasteiger partial charge < -0.3 is 23.4 Å². The van der Waals surface area contributed by atoms with Gasteiger partial charge in [0, 0.05) is 41.6 Å². The largest absolute Gasteiger partial charge is 0.478 e. The number of alkyl halides is 1. The molecule has 0 fully saturated rings. The molecule has 0 aliphatic heterocycles. The van der Waals surface area contributed by atoms with Gasteiger partial charge in [-0.3, -0.25) is 0 Å². The van der Waals surface area contributed by atoms with Crippen LogP contribution in [0.15, 0.2) is 75.6 Å². The second-order valence-corrected chi connectivity index (χ2v) is 15.9. The van der Waals surface area contributed by atoms with Gasteiger partial charge in [-0.25, -0.2) is 14.8 Å². The molecule has 2 heterocycles. The van der Waals surface area contributed by atoms with E-state index in [1.54, 1.807) is 19.1 Å². The highest BCUT2D eigenvalue weighted by Crippen LogP contribution is 2.29. The summed E-state index contributed by atoms with van der Waals surface area (Å²) >= 11 is 2.33. The summed E-state index contributed by atoms with van der Waals surface area (Å²) < 4.78 is 24.2. The number of carboxylic acids is 1. The minimum Gasteiger partial charge on any atom is -0.478 e. The third kappa shape index (κ3) is 11.6. The van der Waals surface area contributed by atoms with Crippen LogP contribution < -0.4 is 0 Å². The minimum absolute atomic E-state index is 0.102. The molecule has 8 nitrogen and oxygen atoms in total. The Morgan fingerprint density at radius 2 is 1.19 bits per heavy atom. The van der Waals surface area contributed by atoms with E-state index in [2.05, 4.69) is 130 Å². The maximum absolute atomic E-state index is 11.5. The number of ether oxygens (including phenoxy) is 2. The normalized spacial score (nSPS) is 11.7. The number of aromatic nitrogens is 2. The topological polar surface area (TPSA) is 108 Å². The predicted octanol–water partition coefficient (Wildman–Crippen LogP) is 11.5. The van der Waals surface area contributed by atoms with Gasteiger partial charge in [0.25, 0.3) is 0 Å². The summed E-state index contributed by atoms with van der Waals surface area (Å²) in [6.07, 6.45) is 2.34. The molecule has 0 unspecified atom stereocenters. The molecule has 5 rings (SSSR count). The van der Waals surface area contributed by atoms with Crippen molar-refractivity contribution in [2.75, 3.05) is 13.2 Å². The Kier molecular flexibility index (Phi) is 15.0. The fourth-order valence-corrected chi connectivity index (χ4v) is 6.37. The Balaban J connectivity index is 0.000000278. The highest BCUT2D eigenvalue weighted by Gasteiger charge is 2.18. The number of oxazole rings is 2. The summed E-state index contributed by atoms with van der Waals surface area (Å²) in [7, 11) is 0. The number of hydrogen-bond acceptors (Lipinski definition) is 7. The maximum Gasteiger partial charge on any atom is 0.336 e. The molecular weight excluding hydrogens is 779 g/mol. The SMILES string of the molecule is CCc1oc(-c2ccc(C(C)(C)C)cc2)nc1CI.CCc1oc(-c2ccc(C(C)(C)C)cc2)nc1COCCCOCc1cccc(C)c1C(=O)O. The molecule has 0 aliphatic rings. The molecule has 53 heavy (non-hydrogen) atoms. The Bertz CT molecular complexity index is 1890. The van der Waals surface area contributed by atoms with Crippen molar-refractivity contribution in [2.24, 2.45) is 0 Å². The number of carbonyl (C=O) groups is 1. The first-order valence-corrected chi connectivity index (χ1v) is 19.9. The van der Waals surface area contributed by atoms with E-state index >= 15 is 0 Å². The number of carboxylic acid groups (broad SMARTS) is 1. The molecule has 0 atom stereocenters. The zero-order valence-electron chi connectivity index (χ0n) is 32.8. The van der Waals surface area contributed by atoms with Crippen LogP contribution in [0.1, 0.15) is 117 Å². The van der Waals surface area contributed by atoms with E-state index in [4.69, 9.17) is 18.3 Å². The molecule has 5 aromatic rings. The van der Waals surface area contributed by atoms with Crippen molar-refractivity contribution in [1.29, 1.82) is 0 Å². The van der Waals surface area contributed by atoms with E-state index in [1.807, 2.05) is 13.0 Å². The number of aryl methyl sites for hydroxylation is 3. The lowest BCUT2D eigenvalue weighted by Crippen LogP contribution is -2.10. The molecular formula is C44H55IN2O6. The van der Waals surface area contributed by atoms with Crippen molar-refractivity contribution in [2.45, 2.75) is 110 Å². The Morgan fingerprint density at radius 1 is 0.717 bits per heavy atom. The smallest absolute Gasteiger partial charge is 0.336 e. The average molecular weight is 835 g/mol. The standard InChI is InChI=1S/C28H35NO5.C16H20INO/c1-6-24-23(29-26(34-24)20-11-13-22(14-12-20)28(3,4)5)18-33-16-8-15-32-17-21-10-7-9-19(2)25(21)27(30)31;1-5-14-13(10-17)18-15(19-14)11-6-8-12(9-7-11)16(2,3)4/h7,9-14H,6,8,15-18H2,1-5H3,(H,30,31);6-9H,5,10H2,1-4H3. The van der Waals surface area contributed by atoms with E-state index in [1.165, 1.54) is 11.1 Å². The van der Waals surface area contributed by atoms with Crippen LogP contribution in [0.3, 0.4) is 0 Å². The van der Waals surface area contributed by atoms with Gasteiger partial charge in [-0.1, -0.05) is 120 Å². The van der Waals surface area contributed by atoms with Gasteiger partial charge in [0.2, 0.25) is 11.8 Å². The van der Waals surface area contributed by atoms with Gasteiger partial charge >= 0.3 is 5.97 Å². The Labute approximate surface area is 328 Å². The number of halogens is 1. The quantitative estimate of drug-likeness (QED) is 0.0669. The van der Waals surface area contributed by atoms with Crippen LogP contribution in [0.25, 0.3) is 22.9 Å². The van der Waals surface area contributed by atoms with Crippen molar-refractivity contribution in [3.63, 3.8) is 0 Å². The van der Waals surface area contributed by atoms with E-state index in [0.717, 1.165) is 62.8 Å². The highest BCUT2D eigenvalue weighted by molar-refractivity contribution is 14.1. The van der Waals surface area contributed by atoms with Gasteiger partial charge in [0.15, 0.2) is 0 Å². The van der Waals surface area contributed by atoms with Gasteiger partial charge in [0.05, 0.1) is 24.5 Å². The summed E-state index contributed by atoms with van der Waals surface area (Å²) in [5.74, 6) is 2.27. The summed E-state index contributed by atoms with van der Waals surface area (Å²) in [6, 6.07) is 22.3. The Morgan fingerprint density at radius 3 is 1.62 bits per heavy atom. The first kappa shape index (κ1) is 41.9. The number of benzene rings is 3. The number of rotatable bonds is 14. The van der Waals surface area contributed by atoms with Gasteiger partial charge in [-0.15, -0.1) is 0 Å². The molecule has 0 saturated carbocycles. The van der Waals surface area contributed by atoms with Crippen LogP contribution in [-0.4, -0.2) is 34.3 Å². The summed E-state index contributed by atoms with van der Waals surface area (Å²) in [5, 5.41) is 9.40. The second kappa shape index (κ2) is 19.0. The van der Waals surface area contributed by atoms with Crippen LogP contribution in [0.2, 0.25) is 0 Å². The van der Waals surface area contributed by atoms with Crippen molar-refractivity contribution < 1.29 is 28.2 Å². The maximum atomic E-state index is 11.5. The molecule has 284 valence electrons. The van der Waals surface area contributed by atoms with Crippen LogP contribution in [0.4, 0.5) is 0 Å². The zero-order chi connectivity index (χ0) is 38.8. The molecule has 1 N–H and O–H groups in total. The molecule has 3 aromatic carbocycles. The third-order valence-electron chi connectivity index (χ3n) is 8.97. The van der Waals surface area contributed by atoms with Crippen molar-refractivity contribution >= 4 is 28.6 Å². The fraction of sp³-hybridized carbons (Fsp3) is 0.432. The Hall–Kier alpha value is -3.80. The van der Waals surface area contributed by atoms with Crippen LogP contribution >= 0.6 is 22.6 Å². The highest BCUT2D eigenvalue weighted by atomic mass is 127. The predicted molar refractivity (Wildman–Crippen MR) is 220 cm³/mol.